The van der Waals surface area contributed by atoms with E-state index in [1.807, 2.05) is 18.2 Å². The number of halogens is 1. The average Bonchev–Trinajstić information content (AvgIpc) is 3.22. The van der Waals surface area contributed by atoms with E-state index in [2.05, 4.69) is 4.98 Å². The normalized spacial score (nSPS) is 18.2. The number of ether oxygens (including phenoxy) is 1. The SMILES string of the molecule is O=C(c1coc(C2CCOCC2)n1)N1CCc2ccc(Cl)cc21. The molecule has 120 valence electrons. The smallest absolute Gasteiger partial charge is 0.280 e. The van der Waals surface area contributed by atoms with Gasteiger partial charge in [-0.25, -0.2) is 4.98 Å². The number of amides is 1. The third-order valence-corrected chi connectivity index (χ3v) is 4.73. The Bertz CT molecular complexity index is 737. The number of benzene rings is 1. The monoisotopic (exact) mass is 332 g/mol. The molecule has 0 saturated carbocycles. The van der Waals surface area contributed by atoms with Gasteiger partial charge in [-0.2, -0.15) is 0 Å². The zero-order valence-corrected chi connectivity index (χ0v) is 13.4. The van der Waals surface area contributed by atoms with Crippen LogP contribution in [-0.2, 0) is 11.2 Å². The molecule has 2 aliphatic rings. The van der Waals surface area contributed by atoms with Crippen molar-refractivity contribution in [1.82, 2.24) is 4.98 Å². The number of aromatic nitrogens is 1. The van der Waals surface area contributed by atoms with Crippen molar-refractivity contribution in [2.24, 2.45) is 0 Å². The van der Waals surface area contributed by atoms with Crippen molar-refractivity contribution in [2.75, 3.05) is 24.7 Å². The highest BCUT2D eigenvalue weighted by atomic mass is 35.5. The summed E-state index contributed by atoms with van der Waals surface area (Å²) in [6.07, 6.45) is 4.07. The van der Waals surface area contributed by atoms with Gasteiger partial charge < -0.3 is 14.1 Å². The van der Waals surface area contributed by atoms with Crippen LogP contribution in [0.3, 0.4) is 0 Å². The molecule has 0 aliphatic carbocycles. The summed E-state index contributed by atoms with van der Waals surface area (Å²) in [5.74, 6) is 0.751. The number of hydrogen-bond acceptors (Lipinski definition) is 4. The summed E-state index contributed by atoms with van der Waals surface area (Å²) in [7, 11) is 0. The van der Waals surface area contributed by atoms with Crippen LogP contribution in [0.15, 0.2) is 28.9 Å². The Hall–Kier alpha value is -1.85. The highest BCUT2D eigenvalue weighted by molar-refractivity contribution is 6.31. The van der Waals surface area contributed by atoms with Gasteiger partial charge in [-0.15, -0.1) is 0 Å². The molecule has 1 fully saturated rings. The molecule has 4 rings (SSSR count). The van der Waals surface area contributed by atoms with Crippen molar-refractivity contribution in [3.8, 4) is 0 Å². The minimum atomic E-state index is -0.131. The van der Waals surface area contributed by atoms with Gasteiger partial charge in [0.1, 0.15) is 6.26 Å². The van der Waals surface area contributed by atoms with Crippen LogP contribution in [0.25, 0.3) is 0 Å². The van der Waals surface area contributed by atoms with Gasteiger partial charge in [-0.1, -0.05) is 17.7 Å². The van der Waals surface area contributed by atoms with Gasteiger partial charge in [0, 0.05) is 36.4 Å². The fraction of sp³-hybridized carbons (Fsp3) is 0.412. The summed E-state index contributed by atoms with van der Waals surface area (Å²) < 4.78 is 10.9. The Balaban J connectivity index is 1.56. The number of carbonyl (C=O) groups is 1. The topological polar surface area (TPSA) is 55.6 Å². The molecule has 1 aromatic carbocycles. The molecule has 0 radical (unpaired) electrons. The van der Waals surface area contributed by atoms with Crippen molar-refractivity contribution in [3.05, 3.63) is 46.6 Å². The van der Waals surface area contributed by atoms with Gasteiger partial charge in [0.25, 0.3) is 5.91 Å². The van der Waals surface area contributed by atoms with Crippen LogP contribution in [-0.4, -0.2) is 30.6 Å². The molecule has 2 aliphatic heterocycles. The lowest BCUT2D eigenvalue weighted by Crippen LogP contribution is -2.29. The van der Waals surface area contributed by atoms with Crippen molar-refractivity contribution < 1.29 is 13.9 Å². The number of hydrogen-bond donors (Lipinski definition) is 0. The molecular formula is C17H17ClN2O3. The van der Waals surface area contributed by atoms with Crippen LogP contribution in [0.5, 0.6) is 0 Å². The van der Waals surface area contributed by atoms with E-state index in [-0.39, 0.29) is 11.8 Å². The molecule has 23 heavy (non-hydrogen) atoms. The first-order valence-electron chi connectivity index (χ1n) is 7.86. The third kappa shape index (κ3) is 2.75. The Kier molecular flexibility index (Phi) is 3.83. The van der Waals surface area contributed by atoms with Crippen molar-refractivity contribution in [3.63, 3.8) is 0 Å². The molecular weight excluding hydrogens is 316 g/mol. The van der Waals surface area contributed by atoms with Gasteiger partial charge >= 0.3 is 0 Å². The van der Waals surface area contributed by atoms with Gasteiger partial charge in [-0.05, 0) is 37.0 Å². The highest BCUT2D eigenvalue weighted by Crippen LogP contribution is 2.32. The van der Waals surface area contributed by atoms with Gasteiger partial charge in [0.2, 0.25) is 0 Å². The van der Waals surface area contributed by atoms with E-state index >= 15 is 0 Å². The second-order valence-corrected chi connectivity index (χ2v) is 6.37. The van der Waals surface area contributed by atoms with Crippen LogP contribution in [0.2, 0.25) is 5.02 Å². The molecule has 1 amide bonds. The molecule has 5 nitrogen and oxygen atoms in total. The van der Waals surface area contributed by atoms with Crippen molar-refractivity contribution in [2.45, 2.75) is 25.2 Å². The molecule has 0 unspecified atom stereocenters. The minimum absolute atomic E-state index is 0.131. The molecule has 0 atom stereocenters. The van der Waals surface area contributed by atoms with E-state index in [0.29, 0.717) is 36.4 Å². The van der Waals surface area contributed by atoms with Gasteiger partial charge in [0.05, 0.1) is 0 Å². The average molecular weight is 333 g/mol. The number of oxazole rings is 1. The van der Waals surface area contributed by atoms with Crippen LogP contribution in [0, 0.1) is 0 Å². The molecule has 1 saturated heterocycles. The summed E-state index contributed by atoms with van der Waals surface area (Å²) in [4.78, 5) is 18.9. The number of carbonyl (C=O) groups excluding carboxylic acids is 1. The molecule has 1 aromatic heterocycles. The van der Waals surface area contributed by atoms with Crippen LogP contribution < -0.4 is 4.90 Å². The zero-order valence-electron chi connectivity index (χ0n) is 12.6. The first kappa shape index (κ1) is 14.7. The summed E-state index contributed by atoms with van der Waals surface area (Å²) >= 11 is 6.06. The van der Waals surface area contributed by atoms with E-state index in [1.54, 1.807) is 4.90 Å². The first-order valence-corrected chi connectivity index (χ1v) is 8.23. The maximum Gasteiger partial charge on any atom is 0.280 e. The molecule has 0 spiro atoms. The fourth-order valence-corrected chi connectivity index (χ4v) is 3.39. The maximum atomic E-state index is 12.8. The zero-order chi connectivity index (χ0) is 15.8. The van der Waals surface area contributed by atoms with E-state index in [4.69, 9.17) is 20.8 Å². The summed E-state index contributed by atoms with van der Waals surface area (Å²) in [5.41, 5.74) is 2.37. The Morgan fingerprint density at radius 2 is 2.13 bits per heavy atom. The van der Waals surface area contributed by atoms with E-state index < -0.39 is 0 Å². The summed E-state index contributed by atoms with van der Waals surface area (Å²) in [5, 5.41) is 0.631. The number of rotatable bonds is 2. The van der Waals surface area contributed by atoms with Crippen molar-refractivity contribution in [1.29, 1.82) is 0 Å². The lowest BCUT2D eigenvalue weighted by molar-refractivity contribution is 0.0794. The predicted molar refractivity (Wildman–Crippen MR) is 86.1 cm³/mol. The predicted octanol–water partition coefficient (Wildman–Crippen LogP) is 3.42. The standard InChI is InChI=1S/C17H17ClN2O3/c18-13-2-1-11-3-6-20(15(11)9-13)17(21)14-10-23-16(19-14)12-4-7-22-8-5-12/h1-2,9-10,12H,3-8H2. The second-order valence-electron chi connectivity index (χ2n) is 5.94. The number of anilines is 1. The fourth-order valence-electron chi connectivity index (χ4n) is 3.22. The summed E-state index contributed by atoms with van der Waals surface area (Å²) in [6.45, 7) is 2.08. The minimum Gasteiger partial charge on any atom is -0.448 e. The third-order valence-electron chi connectivity index (χ3n) is 4.50. The first-order chi connectivity index (χ1) is 11.2. The van der Waals surface area contributed by atoms with Gasteiger partial charge in [-0.3, -0.25) is 4.79 Å². The molecule has 2 aromatic rings. The summed E-state index contributed by atoms with van der Waals surface area (Å²) in [6, 6.07) is 5.66. The maximum absolute atomic E-state index is 12.8. The number of nitrogens with zero attached hydrogens (tertiary/aromatic N) is 2. The van der Waals surface area contributed by atoms with E-state index in [1.165, 1.54) is 6.26 Å². The molecule has 3 heterocycles. The second kappa shape index (κ2) is 5.98. The van der Waals surface area contributed by atoms with Crippen LogP contribution >= 0.6 is 11.6 Å². The van der Waals surface area contributed by atoms with E-state index in [9.17, 15) is 4.79 Å². The highest BCUT2D eigenvalue weighted by Gasteiger charge is 2.29. The van der Waals surface area contributed by atoms with Crippen LogP contribution in [0.4, 0.5) is 5.69 Å². The molecule has 0 N–H and O–H groups in total. The number of fused-ring (bicyclic) bond motifs is 1. The Morgan fingerprint density at radius 1 is 1.30 bits per heavy atom. The Labute approximate surface area is 139 Å². The van der Waals surface area contributed by atoms with Gasteiger partial charge in [0.15, 0.2) is 11.6 Å². The lowest BCUT2D eigenvalue weighted by atomic mass is 10.0. The largest absolute Gasteiger partial charge is 0.448 e. The Morgan fingerprint density at radius 3 is 2.96 bits per heavy atom. The molecule has 6 heteroatoms. The quantitative estimate of drug-likeness (QED) is 0.845. The van der Waals surface area contributed by atoms with E-state index in [0.717, 1.165) is 30.5 Å². The van der Waals surface area contributed by atoms with Crippen molar-refractivity contribution >= 4 is 23.2 Å². The lowest BCUT2D eigenvalue weighted by Gasteiger charge is -2.18. The van der Waals surface area contributed by atoms with Crippen LogP contribution in [0.1, 0.15) is 40.7 Å². The molecule has 0 bridgehead atoms.